The molecule has 49 heavy (non-hydrogen) atoms. The van der Waals surface area contributed by atoms with E-state index in [1.807, 2.05) is 52.3 Å². The van der Waals surface area contributed by atoms with Crippen molar-refractivity contribution in [1.82, 2.24) is 30.0 Å². The van der Waals surface area contributed by atoms with Gasteiger partial charge in [0.1, 0.15) is 5.82 Å². The molecule has 0 saturated carbocycles. The number of rotatable bonds is 9. The molecule has 1 atom stereocenters. The van der Waals surface area contributed by atoms with Crippen LogP contribution in [0.5, 0.6) is 0 Å². The monoisotopic (exact) mass is 666 g/mol. The van der Waals surface area contributed by atoms with Crippen LogP contribution in [0.1, 0.15) is 6.42 Å². The summed E-state index contributed by atoms with van der Waals surface area (Å²) < 4.78 is 32.2. The Balaban J connectivity index is 0.948. The van der Waals surface area contributed by atoms with Crippen molar-refractivity contribution in [1.29, 1.82) is 0 Å². The van der Waals surface area contributed by atoms with Gasteiger partial charge in [-0.2, -0.15) is 5.10 Å². The number of hydrogen-bond donors (Lipinski definition) is 2. The highest BCUT2D eigenvalue weighted by Crippen LogP contribution is 2.34. The van der Waals surface area contributed by atoms with Gasteiger partial charge in [0.25, 0.3) is 0 Å². The Morgan fingerprint density at radius 1 is 0.898 bits per heavy atom. The fraction of sp³-hybridized carbons (Fsp3) is 0.306. The van der Waals surface area contributed by atoms with Crippen molar-refractivity contribution in [3.05, 3.63) is 90.8 Å². The highest BCUT2D eigenvalue weighted by molar-refractivity contribution is 6.00. The zero-order valence-electron chi connectivity index (χ0n) is 27.0. The number of carbonyl (C=O) groups is 2. The molecule has 2 saturated heterocycles. The number of benzene rings is 3. The van der Waals surface area contributed by atoms with Crippen molar-refractivity contribution in [2.75, 3.05) is 69.7 Å². The van der Waals surface area contributed by atoms with E-state index in [9.17, 15) is 18.4 Å². The third-order valence-electron chi connectivity index (χ3n) is 9.38. The molecule has 0 unspecified atom stereocenters. The van der Waals surface area contributed by atoms with Crippen molar-refractivity contribution in [3.63, 3.8) is 0 Å². The lowest BCUT2D eigenvalue weighted by Gasteiger charge is -2.37. The van der Waals surface area contributed by atoms with Crippen LogP contribution >= 0.6 is 0 Å². The van der Waals surface area contributed by atoms with E-state index in [2.05, 4.69) is 30.4 Å². The van der Waals surface area contributed by atoms with Crippen LogP contribution in [0, 0.1) is 17.0 Å². The zero-order valence-corrected chi connectivity index (χ0v) is 27.0. The van der Waals surface area contributed by atoms with Crippen LogP contribution in [0.3, 0.4) is 0 Å². The number of aromatic nitrogens is 4. The molecule has 13 heteroatoms. The van der Waals surface area contributed by atoms with Gasteiger partial charge in [0, 0.05) is 67.7 Å². The van der Waals surface area contributed by atoms with E-state index in [-0.39, 0.29) is 30.8 Å². The Bertz CT molecular complexity index is 1940. The number of ether oxygens (including phenoxy) is 1. The Morgan fingerprint density at radius 3 is 2.33 bits per heavy atom. The number of halogens is 2. The first-order chi connectivity index (χ1) is 23.8. The normalized spacial score (nSPS) is 18.3. The molecule has 5 aromatic rings. The lowest BCUT2D eigenvalue weighted by molar-refractivity contribution is -0.133. The summed E-state index contributed by atoms with van der Waals surface area (Å²) in [5.74, 6) is -0.465. The maximum absolute atomic E-state index is 13.8. The Hall–Kier alpha value is -5.27. The number of piperazine rings is 1. The molecule has 0 radical (unpaired) electrons. The van der Waals surface area contributed by atoms with Gasteiger partial charge in [-0.15, -0.1) is 0 Å². The van der Waals surface area contributed by atoms with Crippen molar-refractivity contribution < 1.29 is 23.1 Å². The summed E-state index contributed by atoms with van der Waals surface area (Å²) in [7, 11) is 1.58. The maximum atomic E-state index is 13.8. The second-order valence-electron chi connectivity index (χ2n) is 12.6. The number of methoxy groups -OCH3 is 1. The highest BCUT2D eigenvalue weighted by atomic mass is 19.1. The molecule has 2 aromatic heterocycles. The summed E-state index contributed by atoms with van der Waals surface area (Å²) >= 11 is 0. The van der Waals surface area contributed by atoms with Crippen molar-refractivity contribution in [3.8, 4) is 22.6 Å². The SMILES string of the molecule is COC[C@@]1(C(=O)Nc2ccc3[nH]nc(-c4ccc(F)cc4)c3c2)CCN(CC(=O)N2CCN(c3ccc(-c4ncc(F)cn4)cc3)CC2)C1. The quantitative estimate of drug-likeness (QED) is 0.235. The number of hydrogen-bond acceptors (Lipinski definition) is 8. The number of aromatic amines is 1. The summed E-state index contributed by atoms with van der Waals surface area (Å²) in [6, 6.07) is 19.5. The van der Waals surface area contributed by atoms with E-state index < -0.39 is 11.2 Å². The van der Waals surface area contributed by atoms with Gasteiger partial charge in [0.15, 0.2) is 11.6 Å². The smallest absolute Gasteiger partial charge is 0.236 e. The van der Waals surface area contributed by atoms with Gasteiger partial charge < -0.3 is 19.9 Å². The molecule has 4 heterocycles. The number of H-pyrrole nitrogens is 1. The molecule has 0 aliphatic carbocycles. The molecule has 3 aromatic carbocycles. The lowest BCUT2D eigenvalue weighted by Crippen LogP contribution is -2.51. The largest absolute Gasteiger partial charge is 0.384 e. The average Bonchev–Trinajstić information content (AvgIpc) is 3.74. The van der Waals surface area contributed by atoms with Gasteiger partial charge in [-0.05, 0) is 79.7 Å². The van der Waals surface area contributed by atoms with Gasteiger partial charge in [-0.3, -0.25) is 19.6 Å². The third-order valence-corrected chi connectivity index (χ3v) is 9.38. The molecule has 2 N–H and O–H groups in total. The van der Waals surface area contributed by atoms with E-state index in [0.717, 1.165) is 40.1 Å². The van der Waals surface area contributed by atoms with E-state index in [4.69, 9.17) is 4.74 Å². The second-order valence-corrected chi connectivity index (χ2v) is 12.6. The van der Waals surface area contributed by atoms with Gasteiger partial charge in [-0.1, -0.05) is 0 Å². The molecule has 252 valence electrons. The van der Waals surface area contributed by atoms with E-state index in [1.165, 1.54) is 12.1 Å². The number of nitrogens with zero attached hydrogens (tertiary/aromatic N) is 6. The number of amides is 2. The topological polar surface area (TPSA) is 120 Å². The lowest BCUT2D eigenvalue weighted by atomic mass is 9.87. The van der Waals surface area contributed by atoms with Crippen molar-refractivity contribution in [2.45, 2.75) is 6.42 Å². The molecular weight excluding hydrogens is 630 g/mol. The molecule has 2 fully saturated rings. The molecule has 2 aliphatic heterocycles. The summed E-state index contributed by atoms with van der Waals surface area (Å²) in [4.78, 5) is 41.4. The standard InChI is InChI=1S/C36H36F2N8O3/c1-49-23-36(35(48)41-28-8-11-31-30(18-28)33(43-42-31)24-2-6-26(37)7-3-24)12-13-44(22-36)21-32(47)46-16-14-45(15-17-46)29-9-4-25(5-10-29)34-39-19-27(38)20-40-34/h2-11,18-20H,12-17,21-23H2,1H3,(H,41,48)(H,42,43)/t36-/m1/s1. The summed E-state index contributed by atoms with van der Waals surface area (Å²) in [5, 5.41) is 11.3. The van der Waals surface area contributed by atoms with Crippen LogP contribution < -0.4 is 10.2 Å². The van der Waals surface area contributed by atoms with Crippen LogP contribution in [0.2, 0.25) is 0 Å². The van der Waals surface area contributed by atoms with Gasteiger partial charge in [0.2, 0.25) is 11.8 Å². The minimum absolute atomic E-state index is 0.0378. The minimum Gasteiger partial charge on any atom is -0.384 e. The Labute approximate surface area is 281 Å². The first-order valence-corrected chi connectivity index (χ1v) is 16.2. The van der Waals surface area contributed by atoms with Gasteiger partial charge >= 0.3 is 0 Å². The van der Waals surface area contributed by atoms with Crippen molar-refractivity contribution >= 4 is 34.1 Å². The Kier molecular flexibility index (Phi) is 9.02. The van der Waals surface area contributed by atoms with Crippen LogP contribution in [0.4, 0.5) is 20.2 Å². The van der Waals surface area contributed by atoms with E-state index in [0.29, 0.717) is 62.9 Å². The summed E-state index contributed by atoms with van der Waals surface area (Å²) in [5.41, 5.74) is 3.86. The Morgan fingerprint density at radius 2 is 1.61 bits per heavy atom. The summed E-state index contributed by atoms with van der Waals surface area (Å²) in [6.07, 6.45) is 2.86. The summed E-state index contributed by atoms with van der Waals surface area (Å²) in [6.45, 7) is 4.02. The number of carbonyl (C=O) groups excluding carboxylic acids is 2. The molecule has 0 bridgehead atoms. The predicted molar refractivity (Wildman–Crippen MR) is 182 cm³/mol. The fourth-order valence-corrected chi connectivity index (χ4v) is 6.71. The number of likely N-dealkylation sites (tertiary alicyclic amines) is 1. The molecule has 7 rings (SSSR count). The van der Waals surface area contributed by atoms with E-state index in [1.54, 1.807) is 19.2 Å². The predicted octanol–water partition coefficient (Wildman–Crippen LogP) is 4.59. The van der Waals surface area contributed by atoms with Crippen LogP contribution in [-0.4, -0.2) is 101 Å². The third kappa shape index (κ3) is 6.85. The number of anilines is 2. The first-order valence-electron chi connectivity index (χ1n) is 16.2. The molecule has 0 spiro atoms. The van der Waals surface area contributed by atoms with Crippen molar-refractivity contribution in [2.24, 2.45) is 5.41 Å². The first kappa shape index (κ1) is 32.3. The number of fused-ring (bicyclic) bond motifs is 1. The molecular formula is C36H36F2N8O3. The second kappa shape index (κ2) is 13.7. The fourth-order valence-electron chi connectivity index (χ4n) is 6.71. The van der Waals surface area contributed by atoms with Crippen LogP contribution in [-0.2, 0) is 14.3 Å². The highest BCUT2D eigenvalue weighted by Gasteiger charge is 2.45. The van der Waals surface area contributed by atoms with Crippen LogP contribution in [0.15, 0.2) is 79.1 Å². The molecule has 2 amide bonds. The minimum atomic E-state index is -0.815. The maximum Gasteiger partial charge on any atom is 0.236 e. The van der Waals surface area contributed by atoms with Gasteiger partial charge in [0.05, 0.1) is 42.2 Å². The number of nitrogens with one attached hydrogen (secondary N) is 2. The van der Waals surface area contributed by atoms with Crippen LogP contribution in [0.25, 0.3) is 33.5 Å². The molecule has 11 nitrogen and oxygen atoms in total. The van der Waals surface area contributed by atoms with E-state index >= 15 is 0 Å². The van der Waals surface area contributed by atoms with Gasteiger partial charge in [-0.25, -0.2) is 18.7 Å². The average molecular weight is 667 g/mol. The zero-order chi connectivity index (χ0) is 34.0. The molecule has 2 aliphatic rings.